The largest absolute Gasteiger partial charge is 0.493 e. The molecule has 0 spiro atoms. The van der Waals surface area contributed by atoms with Crippen LogP contribution in [-0.2, 0) is 29.0 Å². The molecule has 1 atom stereocenters. The van der Waals surface area contributed by atoms with Crippen molar-refractivity contribution in [2.45, 2.75) is 78.6 Å². The molecule has 0 aliphatic heterocycles. The number of nitrogen functional groups attached to an aromatic ring is 1. The van der Waals surface area contributed by atoms with Crippen LogP contribution in [0.5, 0.6) is 11.5 Å². The number of rotatable bonds is 11. The number of anilines is 1. The third-order valence-electron chi connectivity index (χ3n) is 4.16. The Balaban J connectivity index is 0.000000708. The molecule has 1 rings (SSSR count). The standard InChI is InChI=1S/C13H25NO6.C12H16N2O3/c1-12(2,3)19-14-9(7-8-10(15)16)11(17)18-20-13(4,5)6;1-7(12(14)15)4-8-5-10(16-2)11(17-3)6-9(8)13/h9,14H,7-8H2,1-6H3,(H,15,16);4-6H,13H2,1-3H3,(H2,14,15)/t9-;/m0./s1. The van der Waals surface area contributed by atoms with Gasteiger partial charge in [-0.2, -0.15) is 10.4 Å². The molecule has 0 bridgehead atoms. The molecular weight excluding hydrogens is 486 g/mol. The Morgan fingerprint density at radius 1 is 1.03 bits per heavy atom. The fourth-order valence-corrected chi connectivity index (χ4v) is 2.30. The lowest BCUT2D eigenvalue weighted by Crippen LogP contribution is -2.43. The van der Waals surface area contributed by atoms with Gasteiger partial charge in [0, 0.05) is 29.3 Å². The summed E-state index contributed by atoms with van der Waals surface area (Å²) in [6.45, 7) is 12.2. The number of aliphatic carboxylic acids is 1. The van der Waals surface area contributed by atoms with Gasteiger partial charge in [-0.15, -0.1) is 0 Å². The number of methoxy groups -OCH3 is 2. The first-order valence-electron chi connectivity index (χ1n) is 11.4. The van der Waals surface area contributed by atoms with Crippen LogP contribution in [0.4, 0.5) is 5.69 Å². The fraction of sp³-hybridized carbons (Fsp3) is 0.560. The molecule has 210 valence electrons. The Kier molecular flexibility index (Phi) is 13.7. The summed E-state index contributed by atoms with van der Waals surface area (Å²) in [6.07, 6.45) is 1.47. The maximum absolute atomic E-state index is 11.8. The minimum atomic E-state index is -1.00. The van der Waals surface area contributed by atoms with E-state index in [1.54, 1.807) is 66.7 Å². The van der Waals surface area contributed by atoms with Crippen molar-refractivity contribution in [1.82, 2.24) is 5.48 Å². The van der Waals surface area contributed by atoms with Crippen molar-refractivity contribution in [3.05, 3.63) is 23.3 Å². The van der Waals surface area contributed by atoms with E-state index in [1.807, 2.05) is 0 Å². The Morgan fingerprint density at radius 2 is 1.57 bits per heavy atom. The Hall–Kier alpha value is -3.35. The zero-order valence-electron chi connectivity index (χ0n) is 23.1. The summed E-state index contributed by atoms with van der Waals surface area (Å²) in [7, 11) is 3.06. The maximum Gasteiger partial charge on any atom is 0.361 e. The van der Waals surface area contributed by atoms with Crippen LogP contribution in [0.15, 0.2) is 17.7 Å². The number of hydroxylamine groups is 1. The van der Waals surface area contributed by atoms with Gasteiger partial charge in [0.1, 0.15) is 11.6 Å². The fourth-order valence-electron chi connectivity index (χ4n) is 2.30. The van der Waals surface area contributed by atoms with Gasteiger partial charge in [0.25, 0.3) is 0 Å². The molecule has 0 saturated heterocycles. The van der Waals surface area contributed by atoms with Crippen molar-refractivity contribution in [2.75, 3.05) is 20.0 Å². The normalized spacial score (nSPS) is 12.6. The molecular formula is C25H41N3O9. The second kappa shape index (κ2) is 15.0. The SMILES string of the molecule is CC(C)(C)ON[C@@H](CCC(=O)O)C(=O)OOC(C)(C)C.COc1cc(N)c(C=C(C)C(N)=O)cc1OC. The highest BCUT2D eigenvalue weighted by Crippen LogP contribution is 2.32. The van der Waals surface area contributed by atoms with E-state index in [1.165, 1.54) is 14.2 Å². The van der Waals surface area contributed by atoms with Crippen molar-refractivity contribution in [1.29, 1.82) is 0 Å². The van der Waals surface area contributed by atoms with Gasteiger partial charge >= 0.3 is 11.9 Å². The number of carboxylic acid groups (broad SMARTS) is 1. The topological polar surface area (TPSA) is 182 Å². The predicted octanol–water partition coefficient (Wildman–Crippen LogP) is 2.99. The summed E-state index contributed by atoms with van der Waals surface area (Å²) < 4.78 is 10.3. The first-order chi connectivity index (χ1) is 16.9. The van der Waals surface area contributed by atoms with E-state index in [2.05, 4.69) is 5.48 Å². The Bertz CT molecular complexity index is 948. The number of primary amides is 1. The summed E-state index contributed by atoms with van der Waals surface area (Å²) in [5.74, 6) is -1.12. The van der Waals surface area contributed by atoms with Gasteiger partial charge in [0.15, 0.2) is 11.5 Å². The quantitative estimate of drug-likeness (QED) is 0.144. The third kappa shape index (κ3) is 14.7. The second-order valence-corrected chi connectivity index (χ2v) is 9.94. The van der Waals surface area contributed by atoms with Crippen molar-refractivity contribution >= 4 is 29.6 Å². The predicted molar refractivity (Wildman–Crippen MR) is 138 cm³/mol. The monoisotopic (exact) mass is 527 g/mol. The number of benzene rings is 1. The summed E-state index contributed by atoms with van der Waals surface area (Å²) >= 11 is 0. The Labute approximate surface area is 218 Å². The first-order valence-corrected chi connectivity index (χ1v) is 11.4. The highest BCUT2D eigenvalue weighted by Gasteiger charge is 2.26. The molecule has 1 aromatic carbocycles. The molecule has 0 heterocycles. The van der Waals surface area contributed by atoms with E-state index in [4.69, 9.17) is 40.7 Å². The van der Waals surface area contributed by atoms with Crippen LogP contribution >= 0.6 is 0 Å². The number of amides is 1. The minimum absolute atomic E-state index is 0.0394. The lowest BCUT2D eigenvalue weighted by Gasteiger charge is -2.24. The van der Waals surface area contributed by atoms with Gasteiger partial charge in [-0.3, -0.25) is 19.3 Å². The number of ether oxygens (including phenoxy) is 2. The van der Waals surface area contributed by atoms with Crippen LogP contribution in [0.25, 0.3) is 6.08 Å². The molecule has 6 N–H and O–H groups in total. The third-order valence-corrected chi connectivity index (χ3v) is 4.16. The van der Waals surface area contributed by atoms with Crippen LogP contribution < -0.4 is 26.4 Å². The maximum atomic E-state index is 11.8. The average Bonchev–Trinajstić information content (AvgIpc) is 2.77. The molecule has 0 aromatic heterocycles. The Morgan fingerprint density at radius 3 is 2.00 bits per heavy atom. The summed E-state index contributed by atoms with van der Waals surface area (Å²) in [5, 5.41) is 8.68. The summed E-state index contributed by atoms with van der Waals surface area (Å²) in [5.41, 5.74) is 13.9. The van der Waals surface area contributed by atoms with E-state index in [-0.39, 0.29) is 12.8 Å². The molecule has 0 aliphatic rings. The number of nitrogens with two attached hydrogens (primary N) is 2. The van der Waals surface area contributed by atoms with Gasteiger partial charge in [-0.25, -0.2) is 4.79 Å². The number of nitrogens with one attached hydrogen (secondary N) is 1. The van der Waals surface area contributed by atoms with Crippen LogP contribution in [0.1, 0.15) is 66.9 Å². The summed E-state index contributed by atoms with van der Waals surface area (Å²) in [4.78, 5) is 48.3. The molecule has 37 heavy (non-hydrogen) atoms. The van der Waals surface area contributed by atoms with Crippen LogP contribution in [-0.4, -0.2) is 54.4 Å². The van der Waals surface area contributed by atoms with E-state index in [9.17, 15) is 14.4 Å². The number of hydrogen-bond donors (Lipinski definition) is 4. The minimum Gasteiger partial charge on any atom is -0.493 e. The average molecular weight is 528 g/mol. The van der Waals surface area contributed by atoms with Gasteiger partial charge in [0.2, 0.25) is 5.91 Å². The van der Waals surface area contributed by atoms with Crippen molar-refractivity contribution in [3.8, 4) is 11.5 Å². The molecule has 0 aliphatic carbocycles. The van der Waals surface area contributed by atoms with Crippen LogP contribution in [0.3, 0.4) is 0 Å². The number of carboxylic acids is 1. The molecule has 0 radical (unpaired) electrons. The van der Waals surface area contributed by atoms with Gasteiger partial charge in [-0.05, 0) is 67.0 Å². The van der Waals surface area contributed by atoms with Gasteiger partial charge in [-0.1, -0.05) is 0 Å². The molecule has 1 aromatic rings. The molecule has 0 unspecified atom stereocenters. The highest BCUT2D eigenvalue weighted by molar-refractivity contribution is 5.96. The van der Waals surface area contributed by atoms with Crippen molar-refractivity contribution in [3.63, 3.8) is 0 Å². The smallest absolute Gasteiger partial charge is 0.361 e. The highest BCUT2D eigenvalue weighted by atomic mass is 17.2. The van der Waals surface area contributed by atoms with Crippen LogP contribution in [0, 0.1) is 0 Å². The molecule has 12 nitrogen and oxygen atoms in total. The zero-order valence-corrected chi connectivity index (χ0v) is 23.1. The molecule has 12 heteroatoms. The first kappa shape index (κ1) is 33.7. The lowest BCUT2D eigenvalue weighted by molar-refractivity contribution is -0.323. The number of carbonyl (C=O) groups excluding carboxylic acids is 2. The second-order valence-electron chi connectivity index (χ2n) is 9.94. The van der Waals surface area contributed by atoms with Crippen molar-refractivity contribution < 1.29 is 43.6 Å². The molecule has 0 fully saturated rings. The van der Waals surface area contributed by atoms with E-state index >= 15 is 0 Å². The van der Waals surface area contributed by atoms with Gasteiger partial charge in [0.05, 0.1) is 19.8 Å². The lowest BCUT2D eigenvalue weighted by atomic mass is 10.1. The van der Waals surface area contributed by atoms with E-state index in [0.717, 1.165) is 0 Å². The molecule has 1 amide bonds. The number of hydrogen-bond acceptors (Lipinski definition) is 10. The zero-order chi connectivity index (χ0) is 29.0. The van der Waals surface area contributed by atoms with E-state index < -0.39 is 35.1 Å². The van der Waals surface area contributed by atoms with Gasteiger partial charge < -0.3 is 26.0 Å². The summed E-state index contributed by atoms with van der Waals surface area (Å²) in [6, 6.07) is 2.42. The van der Waals surface area contributed by atoms with Crippen molar-refractivity contribution in [2.24, 2.45) is 5.73 Å². The number of carbonyl (C=O) groups is 3. The van der Waals surface area contributed by atoms with Crippen LogP contribution in [0.2, 0.25) is 0 Å². The van der Waals surface area contributed by atoms with E-state index in [0.29, 0.717) is 28.3 Å². The molecule has 0 saturated carbocycles.